The van der Waals surface area contributed by atoms with Crippen LogP contribution in [0, 0.1) is 0 Å². The molecule has 1 saturated heterocycles. The number of hydrogen-bond acceptors (Lipinski definition) is 2. The highest BCUT2D eigenvalue weighted by Crippen LogP contribution is 2.10. The zero-order chi connectivity index (χ0) is 7.68. The summed E-state index contributed by atoms with van der Waals surface area (Å²) in [6, 6.07) is 3.12. The molecule has 0 radical (unpaired) electrons. The Morgan fingerprint density at radius 1 is 1.55 bits per heavy atom. The van der Waals surface area contributed by atoms with E-state index in [-0.39, 0.29) is 5.43 Å². The molecule has 0 amide bonds. The molecule has 2 heterocycles. The molecule has 11 heavy (non-hydrogen) atoms. The van der Waals surface area contributed by atoms with Crippen LogP contribution in [0.4, 0.5) is 0 Å². The van der Waals surface area contributed by atoms with Crippen LogP contribution in [0.15, 0.2) is 29.3 Å². The van der Waals surface area contributed by atoms with E-state index in [0.29, 0.717) is 6.10 Å². The lowest BCUT2D eigenvalue weighted by Crippen LogP contribution is -2.07. The van der Waals surface area contributed by atoms with Crippen LogP contribution in [0.2, 0.25) is 0 Å². The van der Waals surface area contributed by atoms with Gasteiger partial charge in [-0.25, -0.2) is 0 Å². The molecular weight excluding hydrogens is 142 g/mol. The van der Waals surface area contributed by atoms with Crippen molar-refractivity contribution >= 4 is 0 Å². The number of hydrogen-bond donors (Lipinski definition) is 0. The van der Waals surface area contributed by atoms with Gasteiger partial charge in [-0.05, 0) is 0 Å². The summed E-state index contributed by atoms with van der Waals surface area (Å²) in [5.41, 5.74) is 0.0537. The van der Waals surface area contributed by atoms with Gasteiger partial charge in [-0.3, -0.25) is 4.79 Å². The van der Waals surface area contributed by atoms with Crippen LogP contribution < -0.4 is 5.43 Å². The van der Waals surface area contributed by atoms with Gasteiger partial charge in [0.05, 0.1) is 19.3 Å². The molecule has 0 aliphatic carbocycles. The molecule has 0 aromatic carbocycles. The Morgan fingerprint density at radius 3 is 2.73 bits per heavy atom. The Bertz CT molecular complexity index is 281. The average molecular weight is 151 g/mol. The highest BCUT2D eigenvalue weighted by Gasteiger charge is 2.21. The molecule has 1 atom stereocenters. The fourth-order valence-corrected chi connectivity index (χ4v) is 0.974. The maximum absolute atomic E-state index is 10.7. The van der Waals surface area contributed by atoms with E-state index < -0.39 is 0 Å². The fourth-order valence-electron chi connectivity index (χ4n) is 0.974. The van der Waals surface area contributed by atoms with Crippen LogP contribution in [0.3, 0.4) is 0 Å². The largest absolute Gasteiger partial charge is 0.371 e. The minimum absolute atomic E-state index is 0.0537. The van der Waals surface area contributed by atoms with Crippen molar-refractivity contribution in [2.24, 2.45) is 0 Å². The van der Waals surface area contributed by atoms with Crippen molar-refractivity contribution in [2.45, 2.75) is 12.6 Å². The van der Waals surface area contributed by atoms with Crippen LogP contribution in [-0.2, 0) is 11.3 Å². The van der Waals surface area contributed by atoms with E-state index in [2.05, 4.69) is 0 Å². The number of nitrogens with zero attached hydrogens (tertiary/aromatic N) is 1. The maximum atomic E-state index is 10.7. The first-order valence-corrected chi connectivity index (χ1v) is 3.62. The summed E-state index contributed by atoms with van der Waals surface area (Å²) in [6.07, 6.45) is 3.94. The summed E-state index contributed by atoms with van der Waals surface area (Å²) in [6.45, 7) is 1.71. The zero-order valence-corrected chi connectivity index (χ0v) is 6.06. The molecule has 0 N–H and O–H groups in total. The van der Waals surface area contributed by atoms with Gasteiger partial charge in [0.25, 0.3) is 0 Å². The monoisotopic (exact) mass is 151 g/mol. The van der Waals surface area contributed by atoms with Gasteiger partial charge in [-0.1, -0.05) is 0 Å². The predicted molar refractivity (Wildman–Crippen MR) is 40.4 cm³/mol. The first-order valence-electron chi connectivity index (χ1n) is 3.62. The second kappa shape index (κ2) is 2.51. The molecule has 1 aromatic rings. The molecule has 1 fully saturated rings. The van der Waals surface area contributed by atoms with Crippen LogP contribution in [-0.4, -0.2) is 17.3 Å². The molecular formula is C8H9NO2. The Hall–Kier alpha value is -1.09. The van der Waals surface area contributed by atoms with Crippen LogP contribution in [0.5, 0.6) is 0 Å². The molecule has 0 spiro atoms. The molecule has 2 rings (SSSR count). The molecule has 0 saturated carbocycles. The third kappa shape index (κ3) is 1.68. The Kier molecular flexibility index (Phi) is 1.51. The van der Waals surface area contributed by atoms with Gasteiger partial charge in [0.1, 0.15) is 0 Å². The van der Waals surface area contributed by atoms with Crippen molar-refractivity contribution in [3.8, 4) is 0 Å². The molecule has 3 nitrogen and oxygen atoms in total. The van der Waals surface area contributed by atoms with Gasteiger partial charge < -0.3 is 9.30 Å². The second-order valence-electron chi connectivity index (χ2n) is 2.69. The van der Waals surface area contributed by atoms with Crippen LogP contribution >= 0.6 is 0 Å². The minimum Gasteiger partial charge on any atom is -0.371 e. The lowest BCUT2D eigenvalue weighted by molar-refractivity contribution is 0.382. The van der Waals surface area contributed by atoms with Gasteiger partial charge in [-0.15, -0.1) is 0 Å². The smallest absolute Gasteiger partial charge is 0.181 e. The Morgan fingerprint density at radius 2 is 2.18 bits per heavy atom. The lowest BCUT2D eigenvalue weighted by Gasteiger charge is -2.00. The van der Waals surface area contributed by atoms with Gasteiger partial charge >= 0.3 is 0 Å². The Labute approximate surface area is 64.2 Å². The van der Waals surface area contributed by atoms with E-state index >= 15 is 0 Å². The van der Waals surface area contributed by atoms with Crippen LogP contribution in [0.25, 0.3) is 0 Å². The lowest BCUT2D eigenvalue weighted by atomic mass is 10.4. The maximum Gasteiger partial charge on any atom is 0.181 e. The van der Waals surface area contributed by atoms with E-state index in [1.807, 2.05) is 4.57 Å². The van der Waals surface area contributed by atoms with Crippen molar-refractivity contribution in [3.05, 3.63) is 34.7 Å². The minimum atomic E-state index is 0.0537. The number of rotatable bonds is 2. The summed E-state index contributed by atoms with van der Waals surface area (Å²) < 4.78 is 7.00. The Balaban J connectivity index is 2.11. The van der Waals surface area contributed by atoms with Gasteiger partial charge in [0.2, 0.25) is 0 Å². The topological polar surface area (TPSA) is 34.5 Å². The summed E-state index contributed by atoms with van der Waals surface area (Å²) >= 11 is 0. The standard InChI is InChI=1S/C8H9NO2/c10-7-1-3-9(4-2-7)5-8-6-11-8/h1-4,8H,5-6H2/t8-/m0/s1. The average Bonchev–Trinajstić information content (AvgIpc) is 2.78. The summed E-state index contributed by atoms with van der Waals surface area (Å²) in [5.74, 6) is 0. The highest BCUT2D eigenvalue weighted by molar-refractivity contribution is 4.94. The van der Waals surface area contributed by atoms with Crippen LogP contribution in [0.1, 0.15) is 0 Å². The number of aromatic nitrogens is 1. The number of epoxide rings is 1. The van der Waals surface area contributed by atoms with Gasteiger partial charge in [0, 0.05) is 24.5 Å². The normalized spacial score (nSPS) is 21.6. The third-order valence-electron chi connectivity index (χ3n) is 1.68. The van der Waals surface area contributed by atoms with E-state index in [4.69, 9.17) is 4.74 Å². The van der Waals surface area contributed by atoms with Crippen molar-refractivity contribution in [1.82, 2.24) is 4.57 Å². The van der Waals surface area contributed by atoms with E-state index in [1.54, 1.807) is 24.5 Å². The van der Waals surface area contributed by atoms with E-state index in [0.717, 1.165) is 13.2 Å². The zero-order valence-electron chi connectivity index (χ0n) is 6.06. The SMILES string of the molecule is O=c1ccn(C[C@H]2CO2)cc1. The number of pyridine rings is 1. The van der Waals surface area contributed by atoms with E-state index in [9.17, 15) is 4.79 Å². The summed E-state index contributed by atoms with van der Waals surface area (Å²) in [4.78, 5) is 10.7. The highest BCUT2D eigenvalue weighted by atomic mass is 16.6. The van der Waals surface area contributed by atoms with Crippen molar-refractivity contribution in [1.29, 1.82) is 0 Å². The van der Waals surface area contributed by atoms with Crippen molar-refractivity contribution < 1.29 is 4.74 Å². The first kappa shape index (κ1) is 6.61. The van der Waals surface area contributed by atoms with E-state index in [1.165, 1.54) is 0 Å². The molecule has 0 unspecified atom stereocenters. The molecule has 1 aromatic heterocycles. The fraction of sp³-hybridized carbons (Fsp3) is 0.375. The third-order valence-corrected chi connectivity index (χ3v) is 1.68. The second-order valence-corrected chi connectivity index (χ2v) is 2.69. The van der Waals surface area contributed by atoms with Gasteiger partial charge in [0.15, 0.2) is 5.43 Å². The summed E-state index contributed by atoms with van der Waals surface area (Å²) in [5, 5.41) is 0. The molecule has 3 heteroatoms. The molecule has 58 valence electrons. The molecule has 1 aliphatic heterocycles. The summed E-state index contributed by atoms with van der Waals surface area (Å²) in [7, 11) is 0. The van der Waals surface area contributed by atoms with Crippen molar-refractivity contribution in [3.63, 3.8) is 0 Å². The number of ether oxygens (including phenoxy) is 1. The first-order chi connectivity index (χ1) is 5.34. The molecule has 0 bridgehead atoms. The predicted octanol–water partition coefficient (Wildman–Crippen LogP) is 0.247. The van der Waals surface area contributed by atoms with Gasteiger partial charge in [-0.2, -0.15) is 0 Å². The van der Waals surface area contributed by atoms with Crippen molar-refractivity contribution in [2.75, 3.05) is 6.61 Å². The quantitative estimate of drug-likeness (QED) is 0.568. The molecule has 1 aliphatic rings.